The standard InChI is InChI=1S/C15H14BrNO4S/c1-10(18)11-3-5-12(6-4-11)17-22(19,20)13-7-8-15(21-2)14(16)9-13/h3-9,17H,1-2H3. The lowest BCUT2D eigenvalue weighted by atomic mass is 10.1. The number of rotatable bonds is 5. The predicted molar refractivity (Wildman–Crippen MR) is 87.9 cm³/mol. The van der Waals surface area contributed by atoms with Crippen LogP contribution in [0.25, 0.3) is 0 Å². The molecule has 0 fully saturated rings. The predicted octanol–water partition coefficient (Wildman–Crippen LogP) is 3.46. The summed E-state index contributed by atoms with van der Waals surface area (Å²) in [6.07, 6.45) is 0. The van der Waals surface area contributed by atoms with Crippen LogP contribution in [0.4, 0.5) is 5.69 Å². The molecule has 5 nitrogen and oxygen atoms in total. The number of methoxy groups -OCH3 is 1. The molecule has 0 spiro atoms. The van der Waals surface area contributed by atoms with E-state index in [2.05, 4.69) is 20.7 Å². The Labute approximate surface area is 137 Å². The smallest absolute Gasteiger partial charge is 0.261 e. The Bertz CT molecular complexity index is 801. The van der Waals surface area contributed by atoms with Gasteiger partial charge in [-0.25, -0.2) is 8.42 Å². The Morgan fingerprint density at radius 1 is 1.14 bits per heavy atom. The minimum Gasteiger partial charge on any atom is -0.496 e. The molecule has 0 saturated carbocycles. The summed E-state index contributed by atoms with van der Waals surface area (Å²) in [6.45, 7) is 1.45. The van der Waals surface area contributed by atoms with E-state index < -0.39 is 10.0 Å². The third-order valence-corrected chi connectivity index (χ3v) is 4.98. The molecule has 0 atom stereocenters. The number of Topliss-reactive ketones (excluding diaryl/α,β-unsaturated/α-hetero) is 1. The van der Waals surface area contributed by atoms with Crippen LogP contribution in [0.2, 0.25) is 0 Å². The zero-order chi connectivity index (χ0) is 16.3. The lowest BCUT2D eigenvalue weighted by molar-refractivity contribution is 0.101. The van der Waals surface area contributed by atoms with Crippen molar-refractivity contribution < 1.29 is 17.9 Å². The highest BCUT2D eigenvalue weighted by Gasteiger charge is 2.16. The molecular formula is C15H14BrNO4S. The summed E-state index contributed by atoms with van der Waals surface area (Å²) < 4.78 is 32.7. The molecule has 116 valence electrons. The first-order chi connectivity index (χ1) is 10.3. The molecule has 0 aliphatic carbocycles. The van der Waals surface area contributed by atoms with E-state index in [1.807, 2.05) is 0 Å². The number of anilines is 1. The second kappa shape index (κ2) is 6.50. The zero-order valence-electron chi connectivity index (χ0n) is 12.0. The summed E-state index contributed by atoms with van der Waals surface area (Å²) in [7, 11) is -2.21. The van der Waals surface area contributed by atoms with Gasteiger partial charge in [-0.1, -0.05) is 0 Å². The van der Waals surface area contributed by atoms with E-state index >= 15 is 0 Å². The summed E-state index contributed by atoms with van der Waals surface area (Å²) in [4.78, 5) is 11.3. The number of ketones is 1. The topological polar surface area (TPSA) is 72.5 Å². The summed E-state index contributed by atoms with van der Waals surface area (Å²) in [6, 6.07) is 10.7. The average molecular weight is 384 g/mol. The highest BCUT2D eigenvalue weighted by molar-refractivity contribution is 9.10. The van der Waals surface area contributed by atoms with Gasteiger partial charge in [-0.15, -0.1) is 0 Å². The molecule has 0 radical (unpaired) electrons. The first-order valence-corrected chi connectivity index (χ1v) is 8.58. The van der Waals surface area contributed by atoms with Gasteiger partial charge < -0.3 is 4.74 Å². The third-order valence-electron chi connectivity index (χ3n) is 2.98. The number of hydrogen-bond acceptors (Lipinski definition) is 4. The SMILES string of the molecule is COc1ccc(S(=O)(=O)Nc2ccc(C(C)=O)cc2)cc1Br. The molecular weight excluding hydrogens is 370 g/mol. The molecule has 22 heavy (non-hydrogen) atoms. The molecule has 7 heteroatoms. The number of hydrogen-bond donors (Lipinski definition) is 1. The molecule has 2 rings (SSSR count). The third kappa shape index (κ3) is 3.66. The number of benzene rings is 2. The van der Waals surface area contributed by atoms with Crippen LogP contribution in [0.15, 0.2) is 51.8 Å². The van der Waals surface area contributed by atoms with Crippen LogP contribution < -0.4 is 9.46 Å². The fourth-order valence-electron chi connectivity index (χ4n) is 1.80. The van der Waals surface area contributed by atoms with E-state index in [9.17, 15) is 13.2 Å². The van der Waals surface area contributed by atoms with Crippen molar-refractivity contribution >= 4 is 37.4 Å². The molecule has 2 aromatic carbocycles. The molecule has 0 amide bonds. The van der Waals surface area contributed by atoms with Crippen molar-refractivity contribution in [1.82, 2.24) is 0 Å². The number of nitrogens with one attached hydrogen (secondary N) is 1. The molecule has 0 unspecified atom stereocenters. The number of carbonyl (C=O) groups excluding carboxylic acids is 1. The van der Waals surface area contributed by atoms with Crippen molar-refractivity contribution in [2.75, 3.05) is 11.8 Å². The highest BCUT2D eigenvalue weighted by Crippen LogP contribution is 2.28. The number of carbonyl (C=O) groups is 1. The van der Waals surface area contributed by atoms with Gasteiger partial charge in [0.05, 0.1) is 16.5 Å². The molecule has 0 aliphatic heterocycles. The fraction of sp³-hybridized carbons (Fsp3) is 0.133. The van der Waals surface area contributed by atoms with E-state index in [4.69, 9.17) is 4.74 Å². The molecule has 1 N–H and O–H groups in total. The van der Waals surface area contributed by atoms with Gasteiger partial charge in [-0.05, 0) is 65.3 Å². The van der Waals surface area contributed by atoms with E-state index in [0.717, 1.165) is 0 Å². The Morgan fingerprint density at radius 2 is 1.77 bits per heavy atom. The normalized spacial score (nSPS) is 11.0. The van der Waals surface area contributed by atoms with E-state index in [1.54, 1.807) is 30.3 Å². The van der Waals surface area contributed by atoms with E-state index in [1.165, 1.54) is 26.2 Å². The minimum absolute atomic E-state index is 0.0755. The number of ether oxygens (including phenoxy) is 1. The summed E-state index contributed by atoms with van der Waals surface area (Å²) in [5.74, 6) is 0.471. The van der Waals surface area contributed by atoms with Crippen molar-refractivity contribution in [3.05, 3.63) is 52.5 Å². The maximum Gasteiger partial charge on any atom is 0.261 e. The Hall–Kier alpha value is -1.86. The lowest BCUT2D eigenvalue weighted by Crippen LogP contribution is -2.13. The second-order valence-corrected chi connectivity index (χ2v) is 7.07. The second-order valence-electron chi connectivity index (χ2n) is 4.54. The molecule has 0 bridgehead atoms. The van der Waals surface area contributed by atoms with Crippen LogP contribution in [-0.4, -0.2) is 21.3 Å². The van der Waals surface area contributed by atoms with Gasteiger partial charge in [-0.3, -0.25) is 9.52 Å². The van der Waals surface area contributed by atoms with Crippen LogP contribution in [0.3, 0.4) is 0 Å². The maximum absolute atomic E-state index is 12.3. The summed E-state index contributed by atoms with van der Waals surface area (Å²) >= 11 is 3.26. The Morgan fingerprint density at radius 3 is 2.27 bits per heavy atom. The summed E-state index contributed by atoms with van der Waals surface area (Å²) in [5.41, 5.74) is 0.909. The van der Waals surface area contributed by atoms with Gasteiger partial charge in [0.15, 0.2) is 5.78 Å². The molecule has 0 aromatic heterocycles. The van der Waals surface area contributed by atoms with E-state index in [-0.39, 0.29) is 10.7 Å². The zero-order valence-corrected chi connectivity index (χ0v) is 14.4. The van der Waals surface area contributed by atoms with Crippen LogP contribution in [0.1, 0.15) is 17.3 Å². The minimum atomic E-state index is -3.71. The van der Waals surface area contributed by atoms with Crippen molar-refractivity contribution in [3.8, 4) is 5.75 Å². The van der Waals surface area contributed by atoms with Crippen molar-refractivity contribution in [2.24, 2.45) is 0 Å². The summed E-state index contributed by atoms with van der Waals surface area (Å²) in [5, 5.41) is 0. The molecule has 2 aromatic rings. The number of sulfonamides is 1. The van der Waals surface area contributed by atoms with Crippen LogP contribution in [0, 0.1) is 0 Å². The Balaban J connectivity index is 2.27. The van der Waals surface area contributed by atoms with Crippen LogP contribution in [0.5, 0.6) is 5.75 Å². The van der Waals surface area contributed by atoms with Crippen molar-refractivity contribution in [2.45, 2.75) is 11.8 Å². The van der Waals surface area contributed by atoms with Crippen molar-refractivity contribution in [3.63, 3.8) is 0 Å². The fourth-order valence-corrected chi connectivity index (χ4v) is 3.58. The average Bonchev–Trinajstić information content (AvgIpc) is 2.47. The van der Waals surface area contributed by atoms with Gasteiger partial charge >= 0.3 is 0 Å². The van der Waals surface area contributed by atoms with Gasteiger partial charge in [-0.2, -0.15) is 0 Å². The van der Waals surface area contributed by atoms with Crippen molar-refractivity contribution in [1.29, 1.82) is 0 Å². The largest absolute Gasteiger partial charge is 0.496 e. The molecule has 0 saturated heterocycles. The van der Waals surface area contributed by atoms with Crippen LogP contribution >= 0.6 is 15.9 Å². The van der Waals surface area contributed by atoms with E-state index in [0.29, 0.717) is 21.5 Å². The number of halogens is 1. The first kappa shape index (κ1) is 16.5. The lowest BCUT2D eigenvalue weighted by Gasteiger charge is -2.10. The quantitative estimate of drug-likeness (QED) is 0.802. The highest BCUT2D eigenvalue weighted by atomic mass is 79.9. The maximum atomic E-state index is 12.3. The van der Waals surface area contributed by atoms with Gasteiger partial charge in [0, 0.05) is 11.3 Å². The van der Waals surface area contributed by atoms with Crippen LogP contribution in [-0.2, 0) is 10.0 Å². The monoisotopic (exact) mass is 383 g/mol. The van der Waals surface area contributed by atoms with Gasteiger partial charge in [0.2, 0.25) is 0 Å². The Kier molecular flexibility index (Phi) is 4.87. The van der Waals surface area contributed by atoms with Gasteiger partial charge in [0.1, 0.15) is 5.75 Å². The van der Waals surface area contributed by atoms with Gasteiger partial charge in [0.25, 0.3) is 10.0 Å². The molecule has 0 heterocycles. The molecule has 0 aliphatic rings. The first-order valence-electron chi connectivity index (χ1n) is 6.31.